The number of quaternary nitrogens is 1. The number of carbonyl (C=O) groups is 1. The summed E-state index contributed by atoms with van der Waals surface area (Å²) in [7, 11) is 1.54. The van der Waals surface area contributed by atoms with E-state index < -0.39 is 20.0 Å². The molecule has 3 unspecified atom stereocenters. The molecule has 0 fully saturated rings. The highest BCUT2D eigenvalue weighted by Gasteiger charge is 2.27. The summed E-state index contributed by atoms with van der Waals surface area (Å²) in [5, 5.41) is 13.8. The van der Waals surface area contributed by atoms with Crippen molar-refractivity contribution in [3.05, 3.63) is 60.8 Å². The lowest BCUT2D eigenvalue weighted by Crippen LogP contribution is -2.45. The average molecular weight is 836 g/mol. The number of nitrogens with one attached hydrogen (secondary N) is 1. The zero-order valence-electron chi connectivity index (χ0n) is 38.3. The van der Waals surface area contributed by atoms with Crippen LogP contribution in [-0.2, 0) is 18.4 Å². The van der Waals surface area contributed by atoms with Gasteiger partial charge in [-0.05, 0) is 77.0 Å². The van der Waals surface area contributed by atoms with E-state index in [0.29, 0.717) is 17.4 Å². The number of hydrogen-bond acceptors (Lipinski definition) is 5. The minimum atomic E-state index is -4.35. The molecular weight excluding hydrogens is 744 g/mol. The third-order valence-electron chi connectivity index (χ3n) is 10.2. The predicted molar refractivity (Wildman–Crippen MR) is 249 cm³/mol. The molecule has 9 heteroatoms. The van der Waals surface area contributed by atoms with E-state index in [1.54, 1.807) is 6.08 Å². The van der Waals surface area contributed by atoms with Gasteiger partial charge < -0.3 is 19.8 Å². The Labute approximate surface area is 358 Å². The van der Waals surface area contributed by atoms with Crippen LogP contribution in [0, 0.1) is 0 Å². The molecule has 0 aliphatic rings. The van der Waals surface area contributed by atoms with Gasteiger partial charge in [-0.2, -0.15) is 0 Å². The minimum absolute atomic E-state index is 0.0505. The number of rotatable bonds is 42. The van der Waals surface area contributed by atoms with E-state index in [4.69, 9.17) is 9.05 Å². The van der Waals surface area contributed by atoms with Crippen molar-refractivity contribution in [2.24, 2.45) is 0 Å². The van der Waals surface area contributed by atoms with Crippen molar-refractivity contribution in [1.82, 2.24) is 5.32 Å². The van der Waals surface area contributed by atoms with Crippen LogP contribution in [0.25, 0.3) is 0 Å². The van der Waals surface area contributed by atoms with E-state index >= 15 is 0 Å². The number of amides is 1. The summed E-state index contributed by atoms with van der Waals surface area (Å²) in [6.07, 6.45) is 52.9. The maximum atomic E-state index is 12.9. The summed E-state index contributed by atoms with van der Waals surface area (Å²) in [4.78, 5) is 23.1. The molecule has 0 saturated heterocycles. The number of likely N-dealkylation sites (N-methyl/N-ethyl adjacent to an activating group) is 1. The van der Waals surface area contributed by atoms with Gasteiger partial charge in [0.2, 0.25) is 5.91 Å². The molecule has 3 atom stereocenters. The standard InChI is InChI=1S/C49H91N2O6P/c1-6-8-10-12-14-16-18-20-22-23-24-25-26-27-29-31-33-35-37-39-41-43-49(53)50-47(46-57-58(54,55)56-45-44-51(3,4)5)48(52)42-40-38-36-34-32-30-28-21-19-17-15-13-11-9-7-2/h18-21,23-24,32,34,40,42,47-48,52H,6-17,22,25-31,33,35-39,41,43-46H2,1-5H3,(H-,50,53,54,55)/p+1/b20-18-,21-19+,24-23-,34-32+,42-40+. The summed E-state index contributed by atoms with van der Waals surface area (Å²) in [6, 6.07) is -0.873. The monoisotopic (exact) mass is 836 g/mol. The van der Waals surface area contributed by atoms with Crippen molar-refractivity contribution in [3.8, 4) is 0 Å². The van der Waals surface area contributed by atoms with Crippen molar-refractivity contribution >= 4 is 13.7 Å². The van der Waals surface area contributed by atoms with Crippen molar-refractivity contribution in [2.75, 3.05) is 40.9 Å². The van der Waals surface area contributed by atoms with Crippen molar-refractivity contribution in [1.29, 1.82) is 0 Å². The maximum Gasteiger partial charge on any atom is 0.472 e. The molecule has 338 valence electrons. The van der Waals surface area contributed by atoms with Gasteiger partial charge in [0.05, 0.1) is 39.9 Å². The molecule has 3 N–H and O–H groups in total. The van der Waals surface area contributed by atoms with Gasteiger partial charge in [-0.1, -0.05) is 171 Å². The molecular formula is C49H92N2O6P+. The van der Waals surface area contributed by atoms with E-state index in [-0.39, 0.29) is 19.1 Å². The van der Waals surface area contributed by atoms with Crippen LogP contribution in [0.15, 0.2) is 60.8 Å². The summed E-state index contributed by atoms with van der Waals surface area (Å²) >= 11 is 0. The quantitative estimate of drug-likeness (QED) is 0.0245. The largest absolute Gasteiger partial charge is 0.472 e. The molecule has 0 saturated carbocycles. The van der Waals surface area contributed by atoms with Gasteiger partial charge >= 0.3 is 7.82 Å². The van der Waals surface area contributed by atoms with Crippen molar-refractivity contribution < 1.29 is 32.9 Å². The predicted octanol–water partition coefficient (Wildman–Crippen LogP) is 13.4. The van der Waals surface area contributed by atoms with E-state index in [2.05, 4.69) is 67.8 Å². The Morgan fingerprint density at radius 1 is 0.586 bits per heavy atom. The van der Waals surface area contributed by atoms with Gasteiger partial charge in [0.1, 0.15) is 13.2 Å². The van der Waals surface area contributed by atoms with Crippen molar-refractivity contribution in [3.63, 3.8) is 0 Å². The molecule has 0 aromatic carbocycles. The first-order valence-electron chi connectivity index (χ1n) is 23.7. The molecule has 0 radical (unpaired) electrons. The second kappa shape index (κ2) is 40.6. The summed E-state index contributed by atoms with van der Waals surface area (Å²) < 4.78 is 23.6. The Balaban J connectivity index is 4.42. The second-order valence-corrected chi connectivity index (χ2v) is 18.6. The van der Waals surface area contributed by atoms with Crippen LogP contribution >= 0.6 is 7.82 Å². The smallest absolute Gasteiger partial charge is 0.387 e. The van der Waals surface area contributed by atoms with Gasteiger partial charge in [0.15, 0.2) is 0 Å². The van der Waals surface area contributed by atoms with Crippen LogP contribution in [0.3, 0.4) is 0 Å². The first-order valence-corrected chi connectivity index (χ1v) is 25.2. The lowest BCUT2D eigenvalue weighted by Gasteiger charge is -2.25. The van der Waals surface area contributed by atoms with Crippen LogP contribution in [0.4, 0.5) is 0 Å². The molecule has 0 heterocycles. The van der Waals surface area contributed by atoms with E-state index in [0.717, 1.165) is 51.4 Å². The Morgan fingerprint density at radius 3 is 1.48 bits per heavy atom. The van der Waals surface area contributed by atoms with Crippen molar-refractivity contribution in [2.45, 2.75) is 206 Å². The topological polar surface area (TPSA) is 105 Å². The number of phosphoric acid groups is 1. The fourth-order valence-corrected chi connectivity index (χ4v) is 7.13. The summed E-state index contributed by atoms with van der Waals surface area (Å²) in [5.41, 5.74) is 0. The molecule has 1 amide bonds. The second-order valence-electron chi connectivity index (χ2n) is 17.1. The van der Waals surface area contributed by atoms with Gasteiger partial charge in [-0.3, -0.25) is 13.8 Å². The summed E-state index contributed by atoms with van der Waals surface area (Å²) in [5.74, 6) is -0.198. The number of nitrogens with zero attached hydrogens (tertiary/aromatic N) is 1. The van der Waals surface area contributed by atoms with Crippen LogP contribution in [0.1, 0.15) is 194 Å². The van der Waals surface area contributed by atoms with Gasteiger partial charge in [0.25, 0.3) is 0 Å². The highest BCUT2D eigenvalue weighted by atomic mass is 31.2. The molecule has 8 nitrogen and oxygen atoms in total. The Bertz CT molecular complexity index is 1130. The number of unbranched alkanes of at least 4 members (excludes halogenated alkanes) is 21. The molecule has 0 aliphatic carbocycles. The van der Waals surface area contributed by atoms with E-state index in [1.165, 1.54) is 122 Å². The number of allylic oxidation sites excluding steroid dienone is 9. The van der Waals surface area contributed by atoms with Gasteiger partial charge in [-0.15, -0.1) is 0 Å². The number of carbonyl (C=O) groups excluding carboxylic acids is 1. The normalized spacial score (nSPS) is 14.8. The van der Waals surface area contributed by atoms with E-state index in [9.17, 15) is 19.4 Å². The summed E-state index contributed by atoms with van der Waals surface area (Å²) in [6.45, 7) is 4.75. The number of phosphoric ester groups is 1. The van der Waals surface area contributed by atoms with Crippen LogP contribution in [-0.4, -0.2) is 73.4 Å². The SMILES string of the molecule is CCCCCCC/C=C\C/C=C\CCCCCCCCCCCC(=O)NC(COP(=O)(O)OCC[N+](C)(C)C)C(O)/C=C/CC/C=C/CC/C=C/CCCCCCC. The Morgan fingerprint density at radius 2 is 1.00 bits per heavy atom. The van der Waals surface area contributed by atoms with Crippen LogP contribution in [0.5, 0.6) is 0 Å². The lowest BCUT2D eigenvalue weighted by atomic mass is 10.1. The zero-order valence-corrected chi connectivity index (χ0v) is 39.2. The number of aliphatic hydroxyl groups excluding tert-OH is 1. The first kappa shape index (κ1) is 56.2. The zero-order chi connectivity index (χ0) is 42.8. The fourth-order valence-electron chi connectivity index (χ4n) is 6.40. The number of aliphatic hydroxyl groups is 1. The fraction of sp³-hybridized carbons (Fsp3) is 0.776. The highest BCUT2D eigenvalue weighted by molar-refractivity contribution is 7.47. The van der Waals surface area contributed by atoms with Crippen LogP contribution < -0.4 is 5.32 Å². The molecule has 0 aromatic heterocycles. The molecule has 0 rings (SSSR count). The number of hydrogen-bond donors (Lipinski definition) is 3. The Kier molecular flexibility index (Phi) is 39.3. The highest BCUT2D eigenvalue weighted by Crippen LogP contribution is 2.43. The average Bonchev–Trinajstić information content (AvgIpc) is 3.17. The molecule has 0 aromatic rings. The molecule has 0 spiro atoms. The van der Waals surface area contributed by atoms with Gasteiger partial charge in [0, 0.05) is 6.42 Å². The third-order valence-corrected chi connectivity index (χ3v) is 11.2. The lowest BCUT2D eigenvalue weighted by molar-refractivity contribution is -0.870. The first-order chi connectivity index (χ1) is 28.0. The van der Waals surface area contributed by atoms with E-state index in [1.807, 2.05) is 27.2 Å². The minimum Gasteiger partial charge on any atom is -0.387 e. The van der Waals surface area contributed by atoms with Gasteiger partial charge in [-0.25, -0.2) is 4.57 Å². The Hall–Kier alpha value is -1.80. The molecule has 0 bridgehead atoms. The maximum absolute atomic E-state index is 12.9. The molecule has 0 aliphatic heterocycles. The van der Waals surface area contributed by atoms with Crippen LogP contribution in [0.2, 0.25) is 0 Å². The third kappa shape index (κ3) is 42.3. The molecule has 58 heavy (non-hydrogen) atoms.